The van der Waals surface area contributed by atoms with E-state index in [0.29, 0.717) is 31.9 Å². The van der Waals surface area contributed by atoms with Crippen molar-refractivity contribution in [1.29, 1.82) is 0 Å². The predicted octanol–water partition coefficient (Wildman–Crippen LogP) is 2.98. The average molecular weight is 285 g/mol. The SMILES string of the molecule is CCOC(=O)CC[C@@H]1C[C@H](C)CN1C(=O)OC(C)(C)C. The third kappa shape index (κ3) is 5.39. The van der Waals surface area contributed by atoms with Crippen molar-refractivity contribution in [2.24, 2.45) is 5.92 Å². The van der Waals surface area contributed by atoms with E-state index in [2.05, 4.69) is 6.92 Å². The largest absolute Gasteiger partial charge is 0.466 e. The van der Waals surface area contributed by atoms with E-state index in [-0.39, 0.29) is 18.1 Å². The van der Waals surface area contributed by atoms with Crippen molar-refractivity contribution < 1.29 is 19.1 Å². The molecule has 1 fully saturated rings. The summed E-state index contributed by atoms with van der Waals surface area (Å²) in [6.45, 7) is 10.6. The summed E-state index contributed by atoms with van der Waals surface area (Å²) in [6, 6.07) is 0.0734. The highest BCUT2D eigenvalue weighted by Crippen LogP contribution is 2.28. The van der Waals surface area contributed by atoms with E-state index < -0.39 is 5.60 Å². The third-order valence-electron chi connectivity index (χ3n) is 3.24. The Kier molecular flexibility index (Phi) is 5.84. The molecule has 1 amide bonds. The van der Waals surface area contributed by atoms with Crippen molar-refractivity contribution in [3.63, 3.8) is 0 Å². The summed E-state index contributed by atoms with van der Waals surface area (Å²) in [6.07, 6.45) is 1.63. The number of amides is 1. The van der Waals surface area contributed by atoms with Crippen molar-refractivity contribution in [3.8, 4) is 0 Å². The highest BCUT2D eigenvalue weighted by atomic mass is 16.6. The first kappa shape index (κ1) is 16.8. The highest BCUT2D eigenvalue weighted by Gasteiger charge is 2.35. The van der Waals surface area contributed by atoms with E-state index in [1.54, 1.807) is 11.8 Å². The Balaban J connectivity index is 2.55. The Hall–Kier alpha value is -1.26. The molecule has 2 atom stereocenters. The Morgan fingerprint density at radius 1 is 1.30 bits per heavy atom. The summed E-state index contributed by atoms with van der Waals surface area (Å²) in [5.41, 5.74) is -0.491. The molecular formula is C15H27NO4. The van der Waals surface area contributed by atoms with Gasteiger partial charge in [0.15, 0.2) is 0 Å². The standard InChI is InChI=1S/C15H27NO4/c1-6-19-13(17)8-7-12-9-11(2)10-16(12)14(18)20-15(3,4)5/h11-12H,6-10H2,1-5H3/t11-,12+/m0/s1. The molecule has 5 heteroatoms. The van der Waals surface area contributed by atoms with Crippen molar-refractivity contribution in [3.05, 3.63) is 0 Å². The lowest BCUT2D eigenvalue weighted by Gasteiger charge is -2.28. The number of hydrogen-bond donors (Lipinski definition) is 0. The topological polar surface area (TPSA) is 55.8 Å². The maximum atomic E-state index is 12.2. The zero-order valence-electron chi connectivity index (χ0n) is 13.3. The first-order valence-electron chi connectivity index (χ1n) is 7.38. The van der Waals surface area contributed by atoms with Gasteiger partial charge in [0, 0.05) is 19.0 Å². The molecule has 0 spiro atoms. The molecule has 0 unspecified atom stereocenters. The third-order valence-corrected chi connectivity index (χ3v) is 3.24. The van der Waals surface area contributed by atoms with Gasteiger partial charge in [0.1, 0.15) is 5.60 Å². The predicted molar refractivity (Wildman–Crippen MR) is 76.4 cm³/mol. The van der Waals surface area contributed by atoms with Crippen molar-refractivity contribution in [2.75, 3.05) is 13.2 Å². The summed E-state index contributed by atoms with van der Waals surface area (Å²) in [5.74, 6) is 0.242. The van der Waals surface area contributed by atoms with Gasteiger partial charge in [0.25, 0.3) is 0 Å². The van der Waals surface area contributed by atoms with Crippen LogP contribution in [0.15, 0.2) is 0 Å². The average Bonchev–Trinajstić information content (AvgIpc) is 2.66. The fraction of sp³-hybridized carbons (Fsp3) is 0.867. The lowest BCUT2D eigenvalue weighted by atomic mass is 10.0. The molecule has 0 radical (unpaired) electrons. The normalized spacial score (nSPS) is 22.8. The number of rotatable bonds is 4. The van der Waals surface area contributed by atoms with Crippen LogP contribution >= 0.6 is 0 Å². The van der Waals surface area contributed by atoms with Crippen LogP contribution < -0.4 is 0 Å². The van der Waals surface area contributed by atoms with Gasteiger partial charge in [-0.25, -0.2) is 4.79 Å². The molecule has 0 bridgehead atoms. The monoisotopic (exact) mass is 285 g/mol. The van der Waals surface area contributed by atoms with E-state index in [1.165, 1.54) is 0 Å². The second-order valence-corrected chi connectivity index (χ2v) is 6.47. The molecule has 1 aliphatic heterocycles. The van der Waals surface area contributed by atoms with Crippen LogP contribution in [0.25, 0.3) is 0 Å². The van der Waals surface area contributed by atoms with Gasteiger partial charge in [-0.2, -0.15) is 0 Å². The zero-order chi connectivity index (χ0) is 15.3. The van der Waals surface area contributed by atoms with Crippen LogP contribution in [0.1, 0.15) is 53.9 Å². The number of nitrogens with zero attached hydrogens (tertiary/aromatic N) is 1. The number of hydrogen-bond acceptors (Lipinski definition) is 4. The quantitative estimate of drug-likeness (QED) is 0.745. The van der Waals surface area contributed by atoms with Crippen molar-refractivity contribution in [1.82, 2.24) is 4.90 Å². The van der Waals surface area contributed by atoms with E-state index in [4.69, 9.17) is 9.47 Å². The number of likely N-dealkylation sites (tertiary alicyclic amines) is 1. The van der Waals surface area contributed by atoms with Crippen LogP contribution in [0, 0.1) is 5.92 Å². The molecule has 1 saturated heterocycles. The van der Waals surface area contributed by atoms with Gasteiger partial charge in [-0.1, -0.05) is 6.92 Å². The molecule has 5 nitrogen and oxygen atoms in total. The molecule has 0 N–H and O–H groups in total. The van der Waals surface area contributed by atoms with E-state index in [9.17, 15) is 9.59 Å². The lowest BCUT2D eigenvalue weighted by molar-refractivity contribution is -0.143. The molecule has 0 aromatic heterocycles. The highest BCUT2D eigenvalue weighted by molar-refractivity contribution is 5.70. The molecule has 0 aliphatic carbocycles. The molecule has 1 rings (SSSR count). The summed E-state index contributed by atoms with van der Waals surface area (Å²) >= 11 is 0. The molecule has 0 aromatic rings. The molecule has 1 aliphatic rings. The van der Waals surface area contributed by atoms with E-state index in [0.717, 1.165) is 6.42 Å². The first-order chi connectivity index (χ1) is 9.23. The van der Waals surface area contributed by atoms with Crippen molar-refractivity contribution >= 4 is 12.1 Å². The Morgan fingerprint density at radius 2 is 1.95 bits per heavy atom. The second-order valence-electron chi connectivity index (χ2n) is 6.47. The minimum Gasteiger partial charge on any atom is -0.466 e. The van der Waals surface area contributed by atoms with Crippen LogP contribution in [0.2, 0.25) is 0 Å². The fourth-order valence-electron chi connectivity index (χ4n) is 2.49. The molecular weight excluding hydrogens is 258 g/mol. The maximum absolute atomic E-state index is 12.2. The van der Waals surface area contributed by atoms with Gasteiger partial charge < -0.3 is 14.4 Å². The Labute approximate surface area is 121 Å². The number of ether oxygens (including phenoxy) is 2. The van der Waals surface area contributed by atoms with E-state index >= 15 is 0 Å². The minimum atomic E-state index is -0.491. The number of carbonyl (C=O) groups excluding carboxylic acids is 2. The van der Waals surface area contributed by atoms with Crippen LogP contribution in [0.4, 0.5) is 4.79 Å². The van der Waals surface area contributed by atoms with Crippen LogP contribution in [0.3, 0.4) is 0 Å². The van der Waals surface area contributed by atoms with E-state index in [1.807, 2.05) is 20.8 Å². The smallest absolute Gasteiger partial charge is 0.410 e. The summed E-state index contributed by atoms with van der Waals surface area (Å²) in [7, 11) is 0. The lowest BCUT2D eigenvalue weighted by Crippen LogP contribution is -2.40. The van der Waals surface area contributed by atoms with Gasteiger partial charge in [-0.15, -0.1) is 0 Å². The first-order valence-corrected chi connectivity index (χ1v) is 7.38. The minimum absolute atomic E-state index is 0.0734. The van der Waals surface area contributed by atoms with Crippen molar-refractivity contribution in [2.45, 2.75) is 65.5 Å². The van der Waals surface area contributed by atoms with Crippen LogP contribution in [0.5, 0.6) is 0 Å². The molecule has 0 saturated carbocycles. The Bertz CT molecular complexity index is 348. The van der Waals surface area contributed by atoms with Gasteiger partial charge in [-0.05, 0) is 46.5 Å². The molecule has 1 heterocycles. The Morgan fingerprint density at radius 3 is 2.50 bits per heavy atom. The molecule has 116 valence electrons. The summed E-state index contributed by atoms with van der Waals surface area (Å²) < 4.78 is 10.4. The summed E-state index contributed by atoms with van der Waals surface area (Å²) in [5, 5.41) is 0. The van der Waals surface area contributed by atoms with Gasteiger partial charge in [-0.3, -0.25) is 4.79 Å². The van der Waals surface area contributed by atoms with Gasteiger partial charge >= 0.3 is 12.1 Å². The zero-order valence-corrected chi connectivity index (χ0v) is 13.3. The number of esters is 1. The van der Waals surface area contributed by atoms with Crippen LogP contribution in [-0.2, 0) is 14.3 Å². The maximum Gasteiger partial charge on any atom is 0.410 e. The molecule has 20 heavy (non-hydrogen) atoms. The fourth-order valence-corrected chi connectivity index (χ4v) is 2.49. The number of carbonyl (C=O) groups is 2. The van der Waals surface area contributed by atoms with Gasteiger partial charge in [0.05, 0.1) is 6.61 Å². The molecule has 0 aromatic carbocycles. The van der Waals surface area contributed by atoms with Gasteiger partial charge in [0.2, 0.25) is 0 Å². The van der Waals surface area contributed by atoms with Crippen LogP contribution in [-0.4, -0.2) is 41.8 Å². The second kappa shape index (κ2) is 6.95. The summed E-state index contributed by atoms with van der Waals surface area (Å²) in [4.78, 5) is 25.4.